The lowest BCUT2D eigenvalue weighted by atomic mass is 10.1. The van der Waals surface area contributed by atoms with E-state index in [-0.39, 0.29) is 11.8 Å². The molecule has 3 nitrogen and oxygen atoms in total. The molecule has 2 atom stereocenters. The highest BCUT2D eigenvalue weighted by Gasteiger charge is 2.38. The zero-order valence-electron chi connectivity index (χ0n) is 12.3. The summed E-state index contributed by atoms with van der Waals surface area (Å²) in [6, 6.07) is 8.65. The topological polar surface area (TPSA) is 32.3 Å². The molecular weight excluding hydrogens is 248 g/mol. The molecule has 1 aromatic carbocycles. The van der Waals surface area contributed by atoms with E-state index in [0.717, 1.165) is 6.42 Å². The molecule has 3 heteroatoms. The standard InChI is InChI=1S/C17H24N2O/c1-13-11-16(13)17(20)18-12-14-5-7-15(8-6-14)19-9-3-2-4-10-19/h5-8,13,16H,2-4,9-12H2,1H3,(H,18,20)/t13-,16+/m0/s1. The zero-order valence-corrected chi connectivity index (χ0v) is 12.3. The summed E-state index contributed by atoms with van der Waals surface area (Å²) in [5.41, 5.74) is 2.50. The summed E-state index contributed by atoms with van der Waals surface area (Å²) < 4.78 is 0. The van der Waals surface area contributed by atoms with Gasteiger partial charge < -0.3 is 10.2 Å². The van der Waals surface area contributed by atoms with Crippen LogP contribution in [0.4, 0.5) is 5.69 Å². The van der Waals surface area contributed by atoms with Gasteiger partial charge in [0.2, 0.25) is 5.91 Å². The number of amides is 1. The van der Waals surface area contributed by atoms with Gasteiger partial charge in [-0.25, -0.2) is 0 Å². The molecule has 1 aliphatic heterocycles. The van der Waals surface area contributed by atoms with Crippen molar-refractivity contribution in [3.05, 3.63) is 29.8 Å². The number of anilines is 1. The van der Waals surface area contributed by atoms with Gasteiger partial charge in [-0.3, -0.25) is 4.79 Å². The first-order chi connectivity index (χ1) is 9.74. The molecule has 1 amide bonds. The Morgan fingerprint density at radius 1 is 1.20 bits per heavy atom. The van der Waals surface area contributed by atoms with Gasteiger partial charge in [-0.05, 0) is 49.3 Å². The highest BCUT2D eigenvalue weighted by atomic mass is 16.2. The van der Waals surface area contributed by atoms with Crippen LogP contribution in [0.3, 0.4) is 0 Å². The average molecular weight is 272 g/mol. The Morgan fingerprint density at radius 3 is 2.45 bits per heavy atom. The Balaban J connectivity index is 1.51. The van der Waals surface area contributed by atoms with Crippen molar-refractivity contribution in [3.63, 3.8) is 0 Å². The third-order valence-electron chi connectivity index (χ3n) is 4.57. The smallest absolute Gasteiger partial charge is 0.223 e. The molecular formula is C17H24N2O. The molecule has 3 rings (SSSR count). The van der Waals surface area contributed by atoms with Crippen LogP contribution >= 0.6 is 0 Å². The van der Waals surface area contributed by atoms with E-state index < -0.39 is 0 Å². The van der Waals surface area contributed by atoms with Gasteiger partial charge in [0.1, 0.15) is 0 Å². The first kappa shape index (κ1) is 13.5. The van der Waals surface area contributed by atoms with Gasteiger partial charge in [0.25, 0.3) is 0 Å². The second-order valence-electron chi connectivity index (χ2n) is 6.25. The fourth-order valence-electron chi connectivity index (χ4n) is 2.98. The summed E-state index contributed by atoms with van der Waals surface area (Å²) in [5.74, 6) is 1.07. The van der Waals surface area contributed by atoms with E-state index in [0.29, 0.717) is 12.5 Å². The molecule has 0 spiro atoms. The minimum Gasteiger partial charge on any atom is -0.372 e. The maximum Gasteiger partial charge on any atom is 0.223 e. The van der Waals surface area contributed by atoms with E-state index in [1.807, 2.05) is 0 Å². The molecule has 1 aliphatic carbocycles. The van der Waals surface area contributed by atoms with Gasteiger partial charge in [0.15, 0.2) is 0 Å². The number of nitrogens with zero attached hydrogens (tertiary/aromatic N) is 1. The van der Waals surface area contributed by atoms with E-state index in [4.69, 9.17) is 0 Å². The number of carbonyl (C=O) groups excluding carboxylic acids is 1. The molecule has 1 N–H and O–H groups in total. The van der Waals surface area contributed by atoms with Gasteiger partial charge in [-0.1, -0.05) is 19.1 Å². The van der Waals surface area contributed by atoms with Gasteiger partial charge in [-0.2, -0.15) is 0 Å². The van der Waals surface area contributed by atoms with Gasteiger partial charge in [0, 0.05) is 31.2 Å². The van der Waals surface area contributed by atoms with E-state index >= 15 is 0 Å². The van der Waals surface area contributed by atoms with Crippen molar-refractivity contribution >= 4 is 11.6 Å². The van der Waals surface area contributed by atoms with Crippen LogP contribution in [0.15, 0.2) is 24.3 Å². The highest BCUT2D eigenvalue weighted by Crippen LogP contribution is 2.37. The lowest BCUT2D eigenvalue weighted by molar-refractivity contribution is -0.122. The predicted molar refractivity (Wildman–Crippen MR) is 81.6 cm³/mol. The number of carbonyl (C=O) groups is 1. The average Bonchev–Trinajstić information content (AvgIpc) is 3.23. The van der Waals surface area contributed by atoms with Crippen LogP contribution in [0, 0.1) is 11.8 Å². The molecule has 0 radical (unpaired) electrons. The number of piperidine rings is 1. The SMILES string of the molecule is C[C@H]1C[C@H]1C(=O)NCc1ccc(N2CCCCC2)cc1. The molecule has 0 aromatic heterocycles. The van der Waals surface area contributed by atoms with Crippen molar-refractivity contribution in [2.45, 2.75) is 39.2 Å². The van der Waals surface area contributed by atoms with Crippen LogP contribution < -0.4 is 10.2 Å². The van der Waals surface area contributed by atoms with Crippen molar-refractivity contribution in [1.82, 2.24) is 5.32 Å². The normalized spacial score (nSPS) is 25.4. The van der Waals surface area contributed by atoms with E-state index in [1.165, 1.54) is 43.6 Å². The van der Waals surface area contributed by atoms with Crippen LogP contribution in [0.1, 0.15) is 38.2 Å². The number of hydrogen-bond donors (Lipinski definition) is 1. The Hall–Kier alpha value is -1.51. The summed E-state index contributed by atoms with van der Waals surface area (Å²) in [6.07, 6.45) is 5.02. The molecule has 1 heterocycles. The highest BCUT2D eigenvalue weighted by molar-refractivity contribution is 5.81. The third kappa shape index (κ3) is 3.14. The van der Waals surface area contributed by atoms with Crippen molar-refractivity contribution in [3.8, 4) is 0 Å². The molecule has 108 valence electrons. The lowest BCUT2D eigenvalue weighted by Crippen LogP contribution is -2.29. The third-order valence-corrected chi connectivity index (χ3v) is 4.57. The van der Waals surface area contributed by atoms with Crippen LogP contribution in [0.5, 0.6) is 0 Å². The Morgan fingerprint density at radius 2 is 1.85 bits per heavy atom. The first-order valence-electron chi connectivity index (χ1n) is 7.85. The summed E-state index contributed by atoms with van der Waals surface area (Å²) in [7, 11) is 0. The molecule has 1 aromatic rings. The second kappa shape index (κ2) is 5.86. The van der Waals surface area contributed by atoms with Crippen LogP contribution in [-0.4, -0.2) is 19.0 Å². The van der Waals surface area contributed by atoms with E-state index in [2.05, 4.69) is 41.4 Å². The van der Waals surface area contributed by atoms with Crippen molar-refractivity contribution in [2.75, 3.05) is 18.0 Å². The summed E-state index contributed by atoms with van der Waals surface area (Å²) in [6.45, 7) is 5.14. The number of benzene rings is 1. The molecule has 20 heavy (non-hydrogen) atoms. The quantitative estimate of drug-likeness (QED) is 0.914. The fraction of sp³-hybridized carbons (Fsp3) is 0.588. The van der Waals surface area contributed by atoms with Crippen LogP contribution in [-0.2, 0) is 11.3 Å². The minimum absolute atomic E-state index is 0.220. The largest absolute Gasteiger partial charge is 0.372 e. The van der Waals surface area contributed by atoms with Gasteiger partial charge in [-0.15, -0.1) is 0 Å². The van der Waals surface area contributed by atoms with E-state index in [1.54, 1.807) is 0 Å². The second-order valence-corrected chi connectivity index (χ2v) is 6.25. The van der Waals surface area contributed by atoms with Crippen molar-refractivity contribution in [2.24, 2.45) is 11.8 Å². The minimum atomic E-state index is 0.220. The van der Waals surface area contributed by atoms with Crippen molar-refractivity contribution < 1.29 is 4.79 Å². The monoisotopic (exact) mass is 272 g/mol. The molecule has 1 saturated heterocycles. The molecule has 1 saturated carbocycles. The number of rotatable bonds is 4. The van der Waals surface area contributed by atoms with Crippen LogP contribution in [0.2, 0.25) is 0 Å². The molecule has 2 fully saturated rings. The lowest BCUT2D eigenvalue weighted by Gasteiger charge is -2.28. The van der Waals surface area contributed by atoms with Crippen molar-refractivity contribution in [1.29, 1.82) is 0 Å². The van der Waals surface area contributed by atoms with Gasteiger partial charge in [0.05, 0.1) is 0 Å². The Bertz CT molecular complexity index is 462. The maximum absolute atomic E-state index is 11.8. The van der Waals surface area contributed by atoms with Crippen LogP contribution in [0.25, 0.3) is 0 Å². The van der Waals surface area contributed by atoms with Gasteiger partial charge >= 0.3 is 0 Å². The summed E-state index contributed by atoms with van der Waals surface area (Å²) in [4.78, 5) is 14.2. The van der Waals surface area contributed by atoms with E-state index in [9.17, 15) is 4.79 Å². The maximum atomic E-state index is 11.8. The summed E-state index contributed by atoms with van der Waals surface area (Å²) >= 11 is 0. The number of hydrogen-bond acceptors (Lipinski definition) is 2. The fourth-order valence-corrected chi connectivity index (χ4v) is 2.98. The molecule has 0 unspecified atom stereocenters. The summed E-state index contributed by atoms with van der Waals surface area (Å²) in [5, 5.41) is 3.04. The Kier molecular flexibility index (Phi) is 3.95. The zero-order chi connectivity index (χ0) is 13.9. The molecule has 0 bridgehead atoms. The first-order valence-corrected chi connectivity index (χ1v) is 7.85. The predicted octanol–water partition coefficient (Wildman–Crippen LogP) is 2.95. The Labute approximate surface area is 121 Å². The molecule has 2 aliphatic rings. The number of nitrogens with one attached hydrogen (secondary N) is 1.